The number of thiocarbonyl (C=S) groups is 1. The number of carbonyl (C=O) groups is 2. The number of hydrogen-bond acceptors (Lipinski definition) is 4. The standard InChI is InChI=1S/C11H9N3O2S/c12-7-6-9(15)13-11(17)14-10(16)8-4-2-1-3-5-8/h1-5H,6H2,(H2,13,14,15,16,17). The van der Waals surface area contributed by atoms with Gasteiger partial charge in [-0.25, -0.2) is 0 Å². The van der Waals surface area contributed by atoms with Crippen LogP contribution in [-0.2, 0) is 4.79 Å². The molecular weight excluding hydrogens is 238 g/mol. The van der Waals surface area contributed by atoms with Crippen LogP contribution >= 0.6 is 12.2 Å². The number of benzene rings is 1. The average Bonchev–Trinajstić information content (AvgIpc) is 2.30. The lowest BCUT2D eigenvalue weighted by Gasteiger charge is -2.06. The van der Waals surface area contributed by atoms with Crippen molar-refractivity contribution in [2.45, 2.75) is 6.42 Å². The van der Waals surface area contributed by atoms with Crippen LogP contribution in [0.2, 0.25) is 0 Å². The number of nitrogens with one attached hydrogen (secondary N) is 2. The molecule has 0 saturated heterocycles. The minimum atomic E-state index is -0.550. The summed E-state index contributed by atoms with van der Waals surface area (Å²) in [6, 6.07) is 10.1. The molecule has 0 fully saturated rings. The molecule has 5 nitrogen and oxygen atoms in total. The number of nitriles is 1. The average molecular weight is 247 g/mol. The zero-order chi connectivity index (χ0) is 12.7. The van der Waals surface area contributed by atoms with Crippen molar-refractivity contribution in [1.29, 1.82) is 5.26 Å². The predicted octanol–water partition coefficient (Wildman–Crippen LogP) is 0.731. The molecule has 0 aliphatic carbocycles. The first-order chi connectivity index (χ1) is 8.13. The summed E-state index contributed by atoms with van der Waals surface area (Å²) in [5.74, 6) is -0.960. The fraction of sp³-hybridized carbons (Fsp3) is 0.0909. The molecule has 86 valence electrons. The van der Waals surface area contributed by atoms with Gasteiger partial charge in [0, 0.05) is 5.56 Å². The van der Waals surface area contributed by atoms with Crippen LogP contribution in [0.4, 0.5) is 0 Å². The van der Waals surface area contributed by atoms with Crippen LogP contribution in [0.1, 0.15) is 16.8 Å². The van der Waals surface area contributed by atoms with Crippen molar-refractivity contribution < 1.29 is 9.59 Å². The van der Waals surface area contributed by atoms with Crippen molar-refractivity contribution in [3.63, 3.8) is 0 Å². The van der Waals surface area contributed by atoms with Crippen molar-refractivity contribution in [2.24, 2.45) is 0 Å². The van der Waals surface area contributed by atoms with Gasteiger partial charge in [0.1, 0.15) is 6.42 Å². The molecule has 0 bridgehead atoms. The van der Waals surface area contributed by atoms with Gasteiger partial charge in [-0.15, -0.1) is 0 Å². The monoisotopic (exact) mass is 247 g/mol. The molecule has 0 saturated carbocycles. The Balaban J connectivity index is 2.50. The Hall–Kier alpha value is -2.26. The van der Waals surface area contributed by atoms with Crippen LogP contribution < -0.4 is 10.6 Å². The molecule has 0 aromatic heterocycles. The summed E-state index contributed by atoms with van der Waals surface area (Å²) in [4.78, 5) is 22.6. The van der Waals surface area contributed by atoms with Crippen molar-refractivity contribution >= 4 is 29.1 Å². The Labute approximate surface area is 103 Å². The summed E-state index contributed by atoms with van der Waals surface area (Å²) < 4.78 is 0. The molecule has 6 heteroatoms. The Morgan fingerprint density at radius 1 is 1.24 bits per heavy atom. The van der Waals surface area contributed by atoms with E-state index in [2.05, 4.69) is 10.6 Å². The molecule has 2 amide bonds. The van der Waals surface area contributed by atoms with E-state index in [4.69, 9.17) is 17.5 Å². The highest BCUT2D eigenvalue weighted by Crippen LogP contribution is 1.97. The minimum absolute atomic E-state index is 0.112. The van der Waals surface area contributed by atoms with Gasteiger partial charge in [0.25, 0.3) is 5.91 Å². The normalized spacial score (nSPS) is 8.88. The Morgan fingerprint density at radius 2 is 1.88 bits per heavy atom. The molecule has 17 heavy (non-hydrogen) atoms. The summed E-state index contributed by atoms with van der Waals surface area (Å²) in [6.07, 6.45) is -0.304. The fourth-order valence-corrected chi connectivity index (χ4v) is 1.25. The van der Waals surface area contributed by atoms with E-state index in [1.54, 1.807) is 36.4 Å². The first-order valence-electron chi connectivity index (χ1n) is 4.70. The van der Waals surface area contributed by atoms with Crippen LogP contribution in [0.25, 0.3) is 0 Å². The Bertz CT molecular complexity index is 479. The molecule has 0 atom stereocenters. The van der Waals surface area contributed by atoms with Gasteiger partial charge in [-0.2, -0.15) is 5.26 Å². The number of carbonyl (C=O) groups excluding carboxylic acids is 2. The molecule has 0 radical (unpaired) electrons. The molecule has 0 aliphatic rings. The molecule has 0 heterocycles. The van der Waals surface area contributed by atoms with Crippen molar-refractivity contribution in [2.75, 3.05) is 0 Å². The molecule has 1 aromatic carbocycles. The molecule has 2 N–H and O–H groups in total. The number of hydrogen-bond donors (Lipinski definition) is 2. The molecule has 1 aromatic rings. The topological polar surface area (TPSA) is 82.0 Å². The van der Waals surface area contributed by atoms with E-state index in [-0.39, 0.29) is 11.5 Å². The van der Waals surface area contributed by atoms with Gasteiger partial charge >= 0.3 is 0 Å². The van der Waals surface area contributed by atoms with E-state index in [0.29, 0.717) is 5.56 Å². The maximum absolute atomic E-state index is 11.6. The highest BCUT2D eigenvalue weighted by Gasteiger charge is 2.09. The minimum Gasteiger partial charge on any atom is -0.302 e. The third-order valence-corrected chi connectivity index (χ3v) is 1.96. The van der Waals surface area contributed by atoms with Gasteiger partial charge in [0.2, 0.25) is 5.91 Å². The maximum atomic E-state index is 11.6. The highest BCUT2D eigenvalue weighted by atomic mass is 32.1. The van der Waals surface area contributed by atoms with Gasteiger partial charge < -0.3 is 5.32 Å². The molecule has 0 unspecified atom stereocenters. The van der Waals surface area contributed by atoms with Crippen LogP contribution in [0.5, 0.6) is 0 Å². The van der Waals surface area contributed by atoms with Crippen molar-refractivity contribution in [3.8, 4) is 6.07 Å². The summed E-state index contributed by atoms with van der Waals surface area (Å²) in [6.45, 7) is 0. The smallest absolute Gasteiger partial charge is 0.257 e. The quantitative estimate of drug-likeness (QED) is 0.755. The first kappa shape index (κ1) is 12.8. The van der Waals surface area contributed by atoms with Gasteiger partial charge in [0.05, 0.1) is 6.07 Å². The third-order valence-electron chi connectivity index (χ3n) is 1.76. The zero-order valence-corrected chi connectivity index (χ0v) is 9.58. The lowest BCUT2D eigenvalue weighted by atomic mass is 10.2. The lowest BCUT2D eigenvalue weighted by molar-refractivity contribution is -0.118. The van der Waals surface area contributed by atoms with Crippen LogP contribution in [0, 0.1) is 11.3 Å². The number of rotatable bonds is 2. The van der Waals surface area contributed by atoms with Gasteiger partial charge in [-0.05, 0) is 24.4 Å². The van der Waals surface area contributed by atoms with Crippen molar-refractivity contribution in [3.05, 3.63) is 35.9 Å². The van der Waals surface area contributed by atoms with Gasteiger partial charge in [-0.3, -0.25) is 14.9 Å². The maximum Gasteiger partial charge on any atom is 0.257 e. The number of nitrogens with zero attached hydrogens (tertiary/aromatic N) is 1. The van der Waals surface area contributed by atoms with Crippen LogP contribution in [0.3, 0.4) is 0 Å². The Kier molecular flexibility index (Phi) is 4.78. The molecular formula is C11H9N3O2S. The van der Waals surface area contributed by atoms with Gasteiger partial charge in [0.15, 0.2) is 5.11 Å². The summed E-state index contributed by atoms with van der Waals surface area (Å²) in [5, 5.41) is 12.7. The van der Waals surface area contributed by atoms with E-state index in [1.807, 2.05) is 0 Å². The second-order valence-corrected chi connectivity index (χ2v) is 3.44. The van der Waals surface area contributed by atoms with E-state index in [9.17, 15) is 9.59 Å². The van der Waals surface area contributed by atoms with Crippen LogP contribution in [0.15, 0.2) is 30.3 Å². The largest absolute Gasteiger partial charge is 0.302 e. The molecule has 1 rings (SSSR count). The SMILES string of the molecule is N#CCC(=O)NC(=S)NC(=O)c1ccccc1. The summed E-state index contributed by atoms with van der Waals surface area (Å²) in [5.41, 5.74) is 0.435. The fourth-order valence-electron chi connectivity index (χ4n) is 1.04. The Morgan fingerprint density at radius 3 is 2.47 bits per heavy atom. The molecule has 0 spiro atoms. The van der Waals surface area contributed by atoms with E-state index in [0.717, 1.165) is 0 Å². The molecule has 0 aliphatic heterocycles. The lowest BCUT2D eigenvalue weighted by Crippen LogP contribution is -2.42. The zero-order valence-electron chi connectivity index (χ0n) is 8.77. The van der Waals surface area contributed by atoms with Crippen molar-refractivity contribution in [1.82, 2.24) is 10.6 Å². The second kappa shape index (κ2) is 6.35. The summed E-state index contributed by atoms with van der Waals surface area (Å²) >= 11 is 4.75. The second-order valence-electron chi connectivity index (χ2n) is 3.03. The van der Waals surface area contributed by atoms with Gasteiger partial charge in [-0.1, -0.05) is 18.2 Å². The number of amides is 2. The van der Waals surface area contributed by atoms with E-state index in [1.165, 1.54) is 0 Å². The van der Waals surface area contributed by atoms with Crippen LogP contribution in [-0.4, -0.2) is 16.9 Å². The summed E-state index contributed by atoms with van der Waals surface area (Å²) in [7, 11) is 0. The predicted molar refractivity (Wildman–Crippen MR) is 64.9 cm³/mol. The van der Waals surface area contributed by atoms with E-state index >= 15 is 0 Å². The third kappa shape index (κ3) is 4.40. The first-order valence-corrected chi connectivity index (χ1v) is 5.11. The highest BCUT2D eigenvalue weighted by molar-refractivity contribution is 7.80. The van der Waals surface area contributed by atoms with E-state index < -0.39 is 11.8 Å².